The largest absolute Gasteiger partial charge is 0.369 e. The van der Waals surface area contributed by atoms with Crippen molar-refractivity contribution in [2.45, 2.75) is 20.3 Å². The lowest BCUT2D eigenvalue weighted by Gasteiger charge is -2.36. The van der Waals surface area contributed by atoms with Crippen LogP contribution in [0.3, 0.4) is 0 Å². The summed E-state index contributed by atoms with van der Waals surface area (Å²) in [5.74, 6) is 0. The molecule has 0 bridgehead atoms. The second kappa shape index (κ2) is 5.35. The van der Waals surface area contributed by atoms with Gasteiger partial charge in [-0.3, -0.25) is 4.90 Å². The smallest absolute Gasteiger partial charge is 0.0369 e. The third kappa shape index (κ3) is 2.76. The van der Waals surface area contributed by atoms with Gasteiger partial charge in [0.2, 0.25) is 0 Å². The molecule has 1 aromatic rings. The molecular weight excluding hydrogens is 196 g/mol. The lowest BCUT2D eigenvalue weighted by molar-refractivity contribution is 0.258. The van der Waals surface area contributed by atoms with E-state index in [4.69, 9.17) is 0 Å². The van der Waals surface area contributed by atoms with Gasteiger partial charge < -0.3 is 4.90 Å². The minimum absolute atomic E-state index is 1.17. The molecule has 1 fully saturated rings. The van der Waals surface area contributed by atoms with Crippen molar-refractivity contribution in [3.63, 3.8) is 0 Å². The second-order valence-electron chi connectivity index (χ2n) is 4.67. The molecule has 2 rings (SSSR count). The Bertz CT molecular complexity index is 327. The van der Waals surface area contributed by atoms with Gasteiger partial charge in [-0.05, 0) is 37.6 Å². The van der Waals surface area contributed by atoms with E-state index in [1.807, 2.05) is 0 Å². The molecule has 0 unspecified atom stereocenters. The molecule has 0 spiro atoms. The van der Waals surface area contributed by atoms with Gasteiger partial charge in [-0.1, -0.05) is 19.1 Å². The summed E-state index contributed by atoms with van der Waals surface area (Å²) in [6.07, 6.45) is 1.27. The highest BCUT2D eigenvalue weighted by molar-refractivity contribution is 5.48. The van der Waals surface area contributed by atoms with Crippen LogP contribution in [0.4, 0.5) is 5.69 Å². The summed E-state index contributed by atoms with van der Waals surface area (Å²) in [4.78, 5) is 5.06. The number of hydrogen-bond donors (Lipinski definition) is 0. The van der Waals surface area contributed by atoms with Crippen LogP contribution in [0.2, 0.25) is 0 Å². The van der Waals surface area contributed by atoms with Gasteiger partial charge in [0.1, 0.15) is 0 Å². The van der Waals surface area contributed by atoms with E-state index >= 15 is 0 Å². The molecule has 0 radical (unpaired) electrons. The van der Waals surface area contributed by atoms with Gasteiger partial charge in [-0.15, -0.1) is 0 Å². The van der Waals surface area contributed by atoms with Crippen molar-refractivity contribution in [1.29, 1.82) is 0 Å². The molecule has 88 valence electrons. The first kappa shape index (κ1) is 11.5. The Kier molecular flexibility index (Phi) is 3.83. The Hall–Kier alpha value is -1.02. The lowest BCUT2D eigenvalue weighted by atomic mass is 10.2. The Balaban J connectivity index is 1.94. The number of nitrogens with zero attached hydrogens (tertiary/aromatic N) is 2. The first-order valence-corrected chi connectivity index (χ1v) is 6.33. The summed E-state index contributed by atoms with van der Waals surface area (Å²) < 4.78 is 0. The standard InChI is InChI=1S/C14H22N2/c1-3-7-15-8-10-16(11-9-15)14-6-4-5-13(2)12-14/h4-6,12H,3,7-11H2,1-2H3. The van der Waals surface area contributed by atoms with E-state index in [0.29, 0.717) is 0 Å². The van der Waals surface area contributed by atoms with Crippen LogP contribution < -0.4 is 4.90 Å². The maximum Gasteiger partial charge on any atom is 0.0369 e. The van der Waals surface area contributed by atoms with Crippen LogP contribution in [0.15, 0.2) is 24.3 Å². The van der Waals surface area contributed by atoms with Crippen LogP contribution in [-0.4, -0.2) is 37.6 Å². The van der Waals surface area contributed by atoms with Gasteiger partial charge in [0.25, 0.3) is 0 Å². The molecular formula is C14H22N2. The first-order valence-electron chi connectivity index (χ1n) is 6.33. The van der Waals surface area contributed by atoms with Gasteiger partial charge in [-0.2, -0.15) is 0 Å². The number of rotatable bonds is 3. The van der Waals surface area contributed by atoms with Crippen LogP contribution in [0.1, 0.15) is 18.9 Å². The molecule has 1 aliphatic rings. The van der Waals surface area contributed by atoms with Crippen molar-refractivity contribution >= 4 is 5.69 Å². The number of benzene rings is 1. The summed E-state index contributed by atoms with van der Waals surface area (Å²) in [6, 6.07) is 8.83. The second-order valence-corrected chi connectivity index (χ2v) is 4.67. The predicted octanol–water partition coefficient (Wildman–Crippen LogP) is 2.53. The van der Waals surface area contributed by atoms with Crippen molar-refractivity contribution in [2.75, 3.05) is 37.6 Å². The topological polar surface area (TPSA) is 6.48 Å². The molecule has 1 aromatic carbocycles. The number of piperazine rings is 1. The van der Waals surface area contributed by atoms with Crippen molar-refractivity contribution in [2.24, 2.45) is 0 Å². The number of anilines is 1. The Labute approximate surface area is 98.9 Å². The van der Waals surface area contributed by atoms with Crippen molar-refractivity contribution in [3.05, 3.63) is 29.8 Å². The molecule has 1 heterocycles. The third-order valence-electron chi connectivity index (χ3n) is 3.28. The highest BCUT2D eigenvalue weighted by atomic mass is 15.3. The molecule has 0 amide bonds. The van der Waals surface area contributed by atoms with Crippen molar-refractivity contribution < 1.29 is 0 Å². The summed E-state index contributed by atoms with van der Waals surface area (Å²) in [5.41, 5.74) is 2.74. The Morgan fingerprint density at radius 3 is 2.50 bits per heavy atom. The van der Waals surface area contributed by atoms with Crippen molar-refractivity contribution in [1.82, 2.24) is 4.90 Å². The summed E-state index contributed by atoms with van der Waals surface area (Å²) in [7, 11) is 0. The van der Waals surface area contributed by atoms with Crippen LogP contribution in [0, 0.1) is 6.92 Å². The normalized spacial score (nSPS) is 17.8. The Morgan fingerprint density at radius 1 is 1.12 bits per heavy atom. The zero-order valence-corrected chi connectivity index (χ0v) is 10.4. The maximum absolute atomic E-state index is 2.56. The Morgan fingerprint density at radius 2 is 1.88 bits per heavy atom. The van der Waals surface area contributed by atoms with E-state index in [0.717, 1.165) is 0 Å². The molecule has 2 nitrogen and oxygen atoms in total. The van der Waals surface area contributed by atoms with E-state index in [2.05, 4.69) is 47.9 Å². The van der Waals surface area contributed by atoms with Gasteiger partial charge in [0.05, 0.1) is 0 Å². The minimum atomic E-state index is 1.17. The molecule has 0 aliphatic carbocycles. The quantitative estimate of drug-likeness (QED) is 0.769. The monoisotopic (exact) mass is 218 g/mol. The van der Waals surface area contributed by atoms with Crippen LogP contribution in [0.5, 0.6) is 0 Å². The lowest BCUT2D eigenvalue weighted by Crippen LogP contribution is -2.46. The highest BCUT2D eigenvalue weighted by Gasteiger charge is 2.15. The van der Waals surface area contributed by atoms with E-state index in [1.54, 1.807) is 0 Å². The minimum Gasteiger partial charge on any atom is -0.369 e. The first-order chi connectivity index (χ1) is 7.79. The highest BCUT2D eigenvalue weighted by Crippen LogP contribution is 2.17. The summed E-state index contributed by atoms with van der Waals surface area (Å²) >= 11 is 0. The molecule has 0 aromatic heterocycles. The average Bonchev–Trinajstić information content (AvgIpc) is 2.30. The fraction of sp³-hybridized carbons (Fsp3) is 0.571. The molecule has 0 N–H and O–H groups in total. The molecule has 16 heavy (non-hydrogen) atoms. The predicted molar refractivity (Wildman–Crippen MR) is 70.1 cm³/mol. The van der Waals surface area contributed by atoms with Crippen molar-refractivity contribution in [3.8, 4) is 0 Å². The fourth-order valence-corrected chi connectivity index (χ4v) is 2.37. The summed E-state index contributed by atoms with van der Waals surface area (Å²) in [5, 5.41) is 0. The molecule has 1 aliphatic heterocycles. The van der Waals surface area contributed by atoms with Crippen LogP contribution in [0.25, 0.3) is 0 Å². The zero-order chi connectivity index (χ0) is 11.4. The van der Waals surface area contributed by atoms with Gasteiger partial charge in [-0.25, -0.2) is 0 Å². The van der Waals surface area contributed by atoms with Gasteiger partial charge >= 0.3 is 0 Å². The van der Waals surface area contributed by atoms with E-state index in [1.165, 1.54) is 50.4 Å². The zero-order valence-electron chi connectivity index (χ0n) is 10.4. The molecule has 0 saturated carbocycles. The number of hydrogen-bond acceptors (Lipinski definition) is 2. The fourth-order valence-electron chi connectivity index (χ4n) is 2.37. The van der Waals surface area contributed by atoms with E-state index in [9.17, 15) is 0 Å². The number of aryl methyl sites for hydroxylation is 1. The van der Waals surface area contributed by atoms with Gasteiger partial charge in [0.15, 0.2) is 0 Å². The molecule has 0 atom stereocenters. The van der Waals surface area contributed by atoms with Gasteiger partial charge in [0, 0.05) is 31.9 Å². The molecule has 2 heteroatoms. The van der Waals surface area contributed by atoms with E-state index in [-0.39, 0.29) is 0 Å². The summed E-state index contributed by atoms with van der Waals surface area (Å²) in [6.45, 7) is 10.4. The van der Waals surface area contributed by atoms with Crippen LogP contribution >= 0.6 is 0 Å². The third-order valence-corrected chi connectivity index (χ3v) is 3.28. The SMILES string of the molecule is CCCN1CCN(c2cccc(C)c2)CC1. The maximum atomic E-state index is 2.56. The average molecular weight is 218 g/mol. The molecule has 1 saturated heterocycles. The van der Waals surface area contributed by atoms with Crippen LogP contribution in [-0.2, 0) is 0 Å². The van der Waals surface area contributed by atoms with E-state index < -0.39 is 0 Å².